The Morgan fingerprint density at radius 2 is 2.00 bits per heavy atom. The summed E-state index contributed by atoms with van der Waals surface area (Å²) >= 11 is 5.78. The van der Waals surface area contributed by atoms with Gasteiger partial charge in [-0.25, -0.2) is 0 Å². The Kier molecular flexibility index (Phi) is 5.49. The van der Waals surface area contributed by atoms with Gasteiger partial charge in [0, 0.05) is 25.0 Å². The summed E-state index contributed by atoms with van der Waals surface area (Å²) in [5.74, 6) is 0.740. The van der Waals surface area contributed by atoms with Crippen molar-refractivity contribution >= 4 is 11.6 Å². The second kappa shape index (κ2) is 6.44. The van der Waals surface area contributed by atoms with Gasteiger partial charge in [0.2, 0.25) is 0 Å². The van der Waals surface area contributed by atoms with E-state index in [1.165, 1.54) is 32.1 Å². The van der Waals surface area contributed by atoms with Crippen molar-refractivity contribution in [2.75, 3.05) is 19.0 Å². The summed E-state index contributed by atoms with van der Waals surface area (Å²) < 4.78 is 0. The van der Waals surface area contributed by atoms with Gasteiger partial charge in [-0.2, -0.15) is 0 Å². The van der Waals surface area contributed by atoms with Crippen LogP contribution in [0.5, 0.6) is 0 Å². The first-order valence-corrected chi connectivity index (χ1v) is 5.83. The highest BCUT2D eigenvalue weighted by molar-refractivity contribution is 6.18. The molecule has 0 aromatic carbocycles. The summed E-state index contributed by atoms with van der Waals surface area (Å²) in [4.78, 5) is 2.47. The van der Waals surface area contributed by atoms with Crippen molar-refractivity contribution < 1.29 is 0 Å². The Morgan fingerprint density at radius 3 is 2.54 bits per heavy atom. The third kappa shape index (κ3) is 3.70. The highest BCUT2D eigenvalue weighted by Crippen LogP contribution is 2.22. The van der Waals surface area contributed by atoms with Crippen LogP contribution in [0.3, 0.4) is 0 Å². The van der Waals surface area contributed by atoms with Crippen molar-refractivity contribution in [2.24, 2.45) is 0 Å². The molecule has 1 rings (SSSR count). The first-order valence-electron chi connectivity index (χ1n) is 5.29. The van der Waals surface area contributed by atoms with Crippen LogP contribution in [0.2, 0.25) is 0 Å². The van der Waals surface area contributed by atoms with Crippen molar-refractivity contribution in [3.05, 3.63) is 12.7 Å². The zero-order valence-corrected chi connectivity index (χ0v) is 9.10. The maximum absolute atomic E-state index is 5.78. The van der Waals surface area contributed by atoms with Crippen LogP contribution in [-0.4, -0.2) is 29.9 Å². The quantitative estimate of drug-likeness (QED) is 0.488. The summed E-state index contributed by atoms with van der Waals surface area (Å²) in [6.07, 6.45) is 8.89. The van der Waals surface area contributed by atoms with E-state index in [0.717, 1.165) is 25.0 Å². The van der Waals surface area contributed by atoms with Gasteiger partial charge in [-0.15, -0.1) is 18.2 Å². The predicted octanol–water partition coefficient (Wildman–Crippen LogP) is 3.05. The third-order valence-corrected chi connectivity index (χ3v) is 3.00. The monoisotopic (exact) mass is 201 g/mol. The average Bonchev–Trinajstić information content (AvgIpc) is 2.19. The Balaban J connectivity index is 2.36. The molecule has 1 saturated carbocycles. The molecule has 1 aliphatic rings. The molecule has 0 atom stereocenters. The maximum atomic E-state index is 5.78. The van der Waals surface area contributed by atoms with Crippen molar-refractivity contribution in [2.45, 2.75) is 38.1 Å². The van der Waals surface area contributed by atoms with Crippen molar-refractivity contribution in [3.63, 3.8) is 0 Å². The van der Waals surface area contributed by atoms with Gasteiger partial charge in [0.1, 0.15) is 0 Å². The molecule has 0 aromatic rings. The number of halogens is 1. The first kappa shape index (κ1) is 11.1. The van der Waals surface area contributed by atoms with Crippen molar-refractivity contribution in [3.8, 4) is 0 Å². The molecule has 0 aromatic heterocycles. The molecule has 13 heavy (non-hydrogen) atoms. The van der Waals surface area contributed by atoms with Crippen LogP contribution in [-0.2, 0) is 0 Å². The van der Waals surface area contributed by atoms with Gasteiger partial charge in [-0.05, 0) is 12.8 Å². The Hall–Kier alpha value is -0.0100. The fourth-order valence-electron chi connectivity index (χ4n) is 2.14. The van der Waals surface area contributed by atoms with Crippen LogP contribution >= 0.6 is 11.6 Å². The Bertz CT molecular complexity index is 141. The van der Waals surface area contributed by atoms with Crippen molar-refractivity contribution in [1.29, 1.82) is 0 Å². The van der Waals surface area contributed by atoms with Gasteiger partial charge in [0.15, 0.2) is 0 Å². The maximum Gasteiger partial charge on any atom is 0.0351 e. The second-order valence-corrected chi connectivity index (χ2v) is 4.14. The van der Waals surface area contributed by atoms with E-state index in [1.54, 1.807) is 0 Å². The van der Waals surface area contributed by atoms with Crippen LogP contribution in [0.15, 0.2) is 12.7 Å². The molecular formula is C11H20ClN. The summed E-state index contributed by atoms with van der Waals surface area (Å²) in [7, 11) is 0. The number of hydrogen-bond acceptors (Lipinski definition) is 1. The van der Waals surface area contributed by atoms with Gasteiger partial charge in [0.05, 0.1) is 0 Å². The normalized spacial score (nSPS) is 19.2. The molecule has 1 fully saturated rings. The fraction of sp³-hybridized carbons (Fsp3) is 0.818. The Labute approximate surface area is 86.8 Å². The number of nitrogens with zero attached hydrogens (tertiary/aromatic N) is 1. The van der Waals surface area contributed by atoms with E-state index in [0.29, 0.717) is 0 Å². The zero-order valence-electron chi connectivity index (χ0n) is 8.34. The Morgan fingerprint density at radius 1 is 1.31 bits per heavy atom. The van der Waals surface area contributed by atoms with Gasteiger partial charge in [0.25, 0.3) is 0 Å². The molecule has 1 aliphatic carbocycles. The van der Waals surface area contributed by atoms with Crippen molar-refractivity contribution in [1.82, 2.24) is 4.90 Å². The highest BCUT2D eigenvalue weighted by atomic mass is 35.5. The van der Waals surface area contributed by atoms with Crippen LogP contribution in [0.4, 0.5) is 0 Å². The molecule has 0 unspecified atom stereocenters. The molecule has 76 valence electrons. The van der Waals surface area contributed by atoms with E-state index in [2.05, 4.69) is 11.5 Å². The average molecular weight is 202 g/mol. The standard InChI is InChI=1S/C11H20ClN/c1-2-9-13(10-8-12)11-6-4-3-5-7-11/h2,11H,1,3-10H2. The summed E-state index contributed by atoms with van der Waals surface area (Å²) in [6, 6.07) is 0.769. The number of alkyl halides is 1. The number of rotatable bonds is 5. The third-order valence-electron chi connectivity index (χ3n) is 2.83. The smallest absolute Gasteiger partial charge is 0.0351 e. The van der Waals surface area contributed by atoms with Crippen LogP contribution in [0.1, 0.15) is 32.1 Å². The van der Waals surface area contributed by atoms with E-state index in [1.807, 2.05) is 6.08 Å². The molecule has 0 heterocycles. The molecule has 0 spiro atoms. The van der Waals surface area contributed by atoms with Gasteiger partial charge < -0.3 is 0 Å². The minimum atomic E-state index is 0.740. The molecule has 1 nitrogen and oxygen atoms in total. The van der Waals surface area contributed by atoms with E-state index in [9.17, 15) is 0 Å². The van der Waals surface area contributed by atoms with Gasteiger partial charge in [-0.1, -0.05) is 25.3 Å². The van der Waals surface area contributed by atoms with Gasteiger partial charge in [-0.3, -0.25) is 4.90 Å². The van der Waals surface area contributed by atoms with Gasteiger partial charge >= 0.3 is 0 Å². The lowest BCUT2D eigenvalue weighted by Crippen LogP contribution is -2.38. The van der Waals surface area contributed by atoms with E-state index >= 15 is 0 Å². The first-order chi connectivity index (χ1) is 6.38. The molecule has 0 N–H and O–H groups in total. The SMILES string of the molecule is C=CCN(CCCl)C1CCCCC1. The highest BCUT2D eigenvalue weighted by Gasteiger charge is 2.19. The van der Waals surface area contributed by atoms with E-state index in [-0.39, 0.29) is 0 Å². The second-order valence-electron chi connectivity index (χ2n) is 3.76. The fourth-order valence-corrected chi connectivity index (χ4v) is 2.36. The molecule has 0 radical (unpaired) electrons. The molecule has 0 bridgehead atoms. The van der Waals surface area contributed by atoms with Crippen LogP contribution < -0.4 is 0 Å². The summed E-state index contributed by atoms with van der Waals surface area (Å²) in [5.41, 5.74) is 0. The lowest BCUT2D eigenvalue weighted by Gasteiger charge is -2.33. The van der Waals surface area contributed by atoms with E-state index in [4.69, 9.17) is 11.6 Å². The summed E-state index contributed by atoms with van der Waals surface area (Å²) in [5, 5.41) is 0. The molecule has 2 heteroatoms. The zero-order chi connectivity index (χ0) is 9.52. The molecule has 0 amide bonds. The predicted molar refractivity (Wildman–Crippen MR) is 59.4 cm³/mol. The molecule has 0 aliphatic heterocycles. The number of hydrogen-bond donors (Lipinski definition) is 0. The largest absolute Gasteiger partial charge is 0.296 e. The van der Waals surface area contributed by atoms with E-state index < -0.39 is 0 Å². The summed E-state index contributed by atoms with van der Waals surface area (Å²) in [6.45, 7) is 5.80. The molecule has 0 saturated heterocycles. The lowest BCUT2D eigenvalue weighted by molar-refractivity contribution is 0.182. The van der Waals surface area contributed by atoms with Crippen LogP contribution in [0.25, 0.3) is 0 Å². The lowest BCUT2D eigenvalue weighted by atomic mass is 9.94. The van der Waals surface area contributed by atoms with Crippen LogP contribution in [0, 0.1) is 0 Å². The minimum absolute atomic E-state index is 0.740. The molecular weight excluding hydrogens is 182 g/mol. The topological polar surface area (TPSA) is 3.24 Å². The minimum Gasteiger partial charge on any atom is -0.296 e.